The van der Waals surface area contributed by atoms with E-state index >= 15 is 0 Å². The predicted molar refractivity (Wildman–Crippen MR) is 82.3 cm³/mol. The fourth-order valence-corrected chi connectivity index (χ4v) is 2.29. The number of nitrogen functional groups attached to an aromatic ring is 1. The van der Waals surface area contributed by atoms with Crippen LogP contribution in [0.25, 0.3) is 11.1 Å². The molecule has 2 nitrogen and oxygen atoms in total. The van der Waals surface area contributed by atoms with Gasteiger partial charge in [0.1, 0.15) is 0 Å². The van der Waals surface area contributed by atoms with E-state index in [4.69, 9.17) is 5.73 Å². The van der Waals surface area contributed by atoms with E-state index in [1.54, 1.807) is 6.20 Å². The van der Waals surface area contributed by atoms with Gasteiger partial charge in [-0.05, 0) is 34.6 Å². The molecule has 0 radical (unpaired) electrons. The van der Waals surface area contributed by atoms with Crippen molar-refractivity contribution in [1.82, 2.24) is 4.98 Å². The number of anilines is 1. The minimum absolute atomic E-state index is 0.466. The third-order valence-electron chi connectivity index (χ3n) is 3.51. The van der Waals surface area contributed by atoms with E-state index in [0.29, 0.717) is 11.8 Å². The highest BCUT2D eigenvalue weighted by atomic mass is 14.7. The minimum atomic E-state index is 0.466. The molecule has 0 saturated carbocycles. The summed E-state index contributed by atoms with van der Waals surface area (Å²) in [6.07, 6.45) is 3.59. The molecular weight excluding hydrogens is 232 g/mol. The number of nitrogens with zero attached hydrogens (tertiary/aromatic N) is 1. The molecule has 2 N–H and O–H groups in total. The third-order valence-corrected chi connectivity index (χ3v) is 3.51. The Morgan fingerprint density at radius 1 is 0.947 bits per heavy atom. The van der Waals surface area contributed by atoms with E-state index in [0.717, 1.165) is 11.3 Å². The molecule has 0 aliphatic heterocycles. The maximum atomic E-state index is 6.08. The molecule has 2 rings (SSSR count). The van der Waals surface area contributed by atoms with Crippen LogP contribution in [-0.4, -0.2) is 4.98 Å². The van der Waals surface area contributed by atoms with Gasteiger partial charge in [0.05, 0.1) is 0 Å². The molecule has 0 atom stereocenters. The van der Waals surface area contributed by atoms with Crippen LogP contribution in [0, 0.1) is 0 Å². The Labute approximate surface area is 115 Å². The van der Waals surface area contributed by atoms with Gasteiger partial charge in [0.15, 0.2) is 0 Å². The summed E-state index contributed by atoms with van der Waals surface area (Å²) in [5.41, 5.74) is 11.8. The zero-order valence-electron chi connectivity index (χ0n) is 12.1. The molecule has 2 heteroatoms. The van der Waals surface area contributed by atoms with Crippen molar-refractivity contribution >= 4 is 5.69 Å². The van der Waals surface area contributed by atoms with Crippen LogP contribution in [0.15, 0.2) is 36.7 Å². The van der Waals surface area contributed by atoms with Crippen molar-refractivity contribution < 1.29 is 0 Å². The van der Waals surface area contributed by atoms with E-state index < -0.39 is 0 Å². The van der Waals surface area contributed by atoms with Gasteiger partial charge in [-0.15, -0.1) is 0 Å². The molecule has 0 aliphatic carbocycles. The van der Waals surface area contributed by atoms with Crippen molar-refractivity contribution in [3.8, 4) is 11.1 Å². The number of nitrogens with two attached hydrogens (primary N) is 1. The van der Waals surface area contributed by atoms with Crippen LogP contribution in [0.1, 0.15) is 50.7 Å². The normalized spacial score (nSPS) is 11.3. The second kappa shape index (κ2) is 5.43. The predicted octanol–water partition coefficient (Wildman–Crippen LogP) is 4.58. The molecule has 0 saturated heterocycles. The van der Waals surface area contributed by atoms with Crippen LogP contribution in [-0.2, 0) is 0 Å². The Morgan fingerprint density at radius 2 is 1.68 bits per heavy atom. The van der Waals surface area contributed by atoms with Gasteiger partial charge in [0, 0.05) is 23.6 Å². The summed E-state index contributed by atoms with van der Waals surface area (Å²) < 4.78 is 0. The van der Waals surface area contributed by atoms with E-state index in [2.05, 4.69) is 50.9 Å². The Balaban J connectivity index is 2.61. The standard InChI is InChI=1S/C17H22N2/c1-11(2)13-5-6-14(15(9-13)12(3)4)16-10-19-8-7-17(16)18/h5-12H,1-4H3,(H2,18,19). The smallest absolute Gasteiger partial charge is 0.0424 e. The highest BCUT2D eigenvalue weighted by Crippen LogP contribution is 2.34. The minimum Gasteiger partial charge on any atom is -0.398 e. The van der Waals surface area contributed by atoms with E-state index in [-0.39, 0.29) is 0 Å². The van der Waals surface area contributed by atoms with Crippen LogP contribution in [0.4, 0.5) is 5.69 Å². The molecule has 19 heavy (non-hydrogen) atoms. The second-order valence-electron chi connectivity index (χ2n) is 5.62. The van der Waals surface area contributed by atoms with Crippen molar-refractivity contribution in [2.24, 2.45) is 0 Å². The van der Waals surface area contributed by atoms with Crippen molar-refractivity contribution in [3.63, 3.8) is 0 Å². The van der Waals surface area contributed by atoms with E-state index in [1.165, 1.54) is 16.7 Å². The van der Waals surface area contributed by atoms with Crippen LogP contribution in [0.3, 0.4) is 0 Å². The van der Waals surface area contributed by atoms with Crippen molar-refractivity contribution in [3.05, 3.63) is 47.8 Å². The topological polar surface area (TPSA) is 38.9 Å². The number of aromatic nitrogens is 1. The Hall–Kier alpha value is -1.83. The largest absolute Gasteiger partial charge is 0.398 e. The summed E-state index contributed by atoms with van der Waals surface area (Å²) in [6.45, 7) is 8.88. The molecule has 100 valence electrons. The quantitative estimate of drug-likeness (QED) is 0.870. The van der Waals surface area contributed by atoms with E-state index in [9.17, 15) is 0 Å². The molecule has 0 amide bonds. The molecule has 0 aliphatic rings. The Bertz CT molecular complexity index is 571. The van der Waals surface area contributed by atoms with Crippen molar-refractivity contribution in [2.45, 2.75) is 39.5 Å². The second-order valence-corrected chi connectivity index (χ2v) is 5.62. The molecule has 0 bridgehead atoms. The maximum Gasteiger partial charge on any atom is 0.0424 e. The number of benzene rings is 1. The highest BCUT2D eigenvalue weighted by molar-refractivity contribution is 5.78. The van der Waals surface area contributed by atoms with Gasteiger partial charge in [-0.2, -0.15) is 0 Å². The first kappa shape index (κ1) is 13.6. The van der Waals surface area contributed by atoms with Gasteiger partial charge in [-0.1, -0.05) is 45.9 Å². The van der Waals surface area contributed by atoms with E-state index in [1.807, 2.05) is 12.3 Å². The first-order chi connectivity index (χ1) is 9.00. The van der Waals surface area contributed by atoms with Crippen LogP contribution >= 0.6 is 0 Å². The summed E-state index contributed by atoms with van der Waals surface area (Å²) in [6, 6.07) is 8.53. The van der Waals surface area contributed by atoms with Gasteiger partial charge < -0.3 is 5.73 Å². The first-order valence-corrected chi connectivity index (χ1v) is 6.84. The third kappa shape index (κ3) is 2.78. The number of rotatable bonds is 3. The van der Waals surface area contributed by atoms with Gasteiger partial charge in [0.2, 0.25) is 0 Å². The Morgan fingerprint density at radius 3 is 2.26 bits per heavy atom. The maximum absolute atomic E-state index is 6.08. The average Bonchev–Trinajstić information content (AvgIpc) is 2.38. The number of pyridine rings is 1. The molecular formula is C17H22N2. The molecule has 1 heterocycles. The summed E-state index contributed by atoms with van der Waals surface area (Å²) in [7, 11) is 0. The van der Waals surface area contributed by atoms with Gasteiger partial charge in [-0.3, -0.25) is 4.98 Å². The molecule has 0 fully saturated rings. The zero-order chi connectivity index (χ0) is 14.0. The van der Waals surface area contributed by atoms with Crippen LogP contribution in [0.5, 0.6) is 0 Å². The van der Waals surface area contributed by atoms with Gasteiger partial charge >= 0.3 is 0 Å². The number of hydrogen-bond donors (Lipinski definition) is 1. The van der Waals surface area contributed by atoms with Crippen molar-refractivity contribution in [1.29, 1.82) is 0 Å². The fourth-order valence-electron chi connectivity index (χ4n) is 2.29. The molecule has 0 spiro atoms. The summed E-state index contributed by atoms with van der Waals surface area (Å²) in [5, 5.41) is 0. The summed E-state index contributed by atoms with van der Waals surface area (Å²) in [5.74, 6) is 1.01. The SMILES string of the molecule is CC(C)c1ccc(-c2cnccc2N)c(C(C)C)c1. The monoisotopic (exact) mass is 254 g/mol. The Kier molecular flexibility index (Phi) is 3.89. The highest BCUT2D eigenvalue weighted by Gasteiger charge is 2.13. The lowest BCUT2D eigenvalue weighted by molar-refractivity contribution is 0.835. The number of hydrogen-bond acceptors (Lipinski definition) is 2. The van der Waals surface area contributed by atoms with Crippen LogP contribution < -0.4 is 5.73 Å². The zero-order valence-corrected chi connectivity index (χ0v) is 12.1. The average molecular weight is 254 g/mol. The van der Waals surface area contributed by atoms with Gasteiger partial charge in [-0.25, -0.2) is 0 Å². The summed E-state index contributed by atoms with van der Waals surface area (Å²) in [4.78, 5) is 4.20. The lowest BCUT2D eigenvalue weighted by Crippen LogP contribution is -1.99. The summed E-state index contributed by atoms with van der Waals surface area (Å²) >= 11 is 0. The lowest BCUT2D eigenvalue weighted by atomic mass is 9.88. The molecule has 1 aromatic heterocycles. The van der Waals surface area contributed by atoms with Crippen LogP contribution in [0.2, 0.25) is 0 Å². The first-order valence-electron chi connectivity index (χ1n) is 6.84. The lowest BCUT2D eigenvalue weighted by Gasteiger charge is -2.17. The van der Waals surface area contributed by atoms with Gasteiger partial charge in [0.25, 0.3) is 0 Å². The fraction of sp³-hybridized carbons (Fsp3) is 0.353. The molecule has 1 aromatic carbocycles. The molecule has 2 aromatic rings. The molecule has 0 unspecified atom stereocenters. The van der Waals surface area contributed by atoms with Crippen molar-refractivity contribution in [2.75, 3.05) is 5.73 Å².